The highest BCUT2D eigenvalue weighted by Gasteiger charge is 2.42. The molecule has 0 bridgehead atoms. The molecule has 0 heterocycles. The molecular formula is C2H3Cl3O3S2. The molecule has 0 aliphatic carbocycles. The second-order valence-corrected chi connectivity index (χ2v) is 8.00. The van der Waals surface area contributed by atoms with Crippen LogP contribution in [0.4, 0.5) is 0 Å². The van der Waals surface area contributed by atoms with Gasteiger partial charge >= 0.3 is 3.00 Å². The number of rotatable bonds is 2. The van der Waals surface area contributed by atoms with Gasteiger partial charge in [0.25, 0.3) is 0 Å². The van der Waals surface area contributed by atoms with Crippen molar-refractivity contribution >= 4 is 53.7 Å². The minimum Gasteiger partial charge on any atom is -0.238 e. The summed E-state index contributed by atoms with van der Waals surface area (Å²) in [6.45, 7) is 0. The fourth-order valence-electron chi connectivity index (χ4n) is 0.119. The molecule has 0 aliphatic heterocycles. The van der Waals surface area contributed by atoms with E-state index in [1.165, 1.54) is 0 Å². The third-order valence-electron chi connectivity index (χ3n) is 0.618. The van der Waals surface area contributed by atoms with Gasteiger partial charge in [0.1, 0.15) is 0 Å². The summed E-state index contributed by atoms with van der Waals surface area (Å²) in [6.07, 6.45) is 0.743. The van der Waals surface area contributed by atoms with Crippen LogP contribution in [0.25, 0.3) is 0 Å². The number of hydrogen-bond acceptors (Lipinski definition) is 3. The zero-order valence-corrected chi connectivity index (χ0v) is 8.58. The maximum atomic E-state index is 10.6. The number of sulfone groups is 1. The van der Waals surface area contributed by atoms with Gasteiger partial charge in [-0.25, -0.2) is 12.6 Å². The molecule has 0 aromatic carbocycles. The lowest BCUT2D eigenvalue weighted by molar-refractivity contribution is 0.601. The predicted octanol–water partition coefficient (Wildman–Crippen LogP) is 1.02. The van der Waals surface area contributed by atoms with Crippen molar-refractivity contribution in [2.45, 2.75) is 3.00 Å². The van der Waals surface area contributed by atoms with Crippen LogP contribution in [0, 0.1) is 0 Å². The lowest BCUT2D eigenvalue weighted by Gasteiger charge is -2.10. The molecule has 0 aromatic heterocycles. The Morgan fingerprint density at radius 3 is 1.70 bits per heavy atom. The molecule has 8 heteroatoms. The van der Waals surface area contributed by atoms with Crippen molar-refractivity contribution < 1.29 is 12.6 Å². The second kappa shape index (κ2) is 3.15. The SMILES string of the molecule is CS(=O)(=O)C(Cl)(Cl)S(=O)Cl. The molecular weight excluding hydrogens is 243 g/mol. The molecule has 0 fully saturated rings. The van der Waals surface area contributed by atoms with E-state index in [0.29, 0.717) is 0 Å². The second-order valence-electron chi connectivity index (χ2n) is 1.46. The maximum Gasteiger partial charge on any atom is 0.306 e. The molecule has 0 saturated carbocycles. The van der Waals surface area contributed by atoms with Crippen LogP contribution in [0.3, 0.4) is 0 Å². The fraction of sp³-hybridized carbons (Fsp3) is 1.00. The zero-order valence-electron chi connectivity index (χ0n) is 4.68. The van der Waals surface area contributed by atoms with Crippen LogP contribution >= 0.6 is 33.9 Å². The van der Waals surface area contributed by atoms with Crippen LogP contribution in [-0.4, -0.2) is 21.9 Å². The van der Waals surface area contributed by atoms with E-state index in [2.05, 4.69) is 0 Å². The van der Waals surface area contributed by atoms with Gasteiger partial charge in [-0.3, -0.25) is 0 Å². The lowest BCUT2D eigenvalue weighted by atomic mass is 11.8. The van der Waals surface area contributed by atoms with E-state index in [9.17, 15) is 12.6 Å². The minimum atomic E-state index is -3.80. The summed E-state index contributed by atoms with van der Waals surface area (Å²) < 4.78 is 29.0. The first-order valence-electron chi connectivity index (χ1n) is 1.85. The first-order chi connectivity index (χ1) is 4.19. The van der Waals surface area contributed by atoms with Crippen molar-refractivity contribution in [1.29, 1.82) is 0 Å². The fourth-order valence-corrected chi connectivity index (χ4v) is 2.10. The van der Waals surface area contributed by atoms with Gasteiger partial charge in [0.05, 0.1) is 0 Å². The molecule has 0 amide bonds. The number of halogens is 3. The standard InChI is InChI=1S/C2H3Cl3O3S2/c1-10(7,8)2(3,4)9(5)6/h1H3. The summed E-state index contributed by atoms with van der Waals surface area (Å²) >= 11 is 10.2. The van der Waals surface area contributed by atoms with Crippen LogP contribution in [-0.2, 0) is 19.9 Å². The van der Waals surface area contributed by atoms with Crippen LogP contribution in [0.15, 0.2) is 0 Å². The number of hydrogen-bond donors (Lipinski definition) is 0. The Kier molecular flexibility index (Phi) is 3.45. The molecule has 0 aliphatic rings. The van der Waals surface area contributed by atoms with Gasteiger partial charge in [0, 0.05) is 6.26 Å². The van der Waals surface area contributed by atoms with Gasteiger partial charge in [-0.15, -0.1) is 0 Å². The molecule has 0 spiro atoms. The first-order valence-corrected chi connectivity index (χ1v) is 6.47. The predicted molar refractivity (Wildman–Crippen MR) is 43.3 cm³/mol. The first kappa shape index (κ1) is 11.0. The number of alkyl halides is 2. The van der Waals surface area contributed by atoms with Crippen molar-refractivity contribution in [3.63, 3.8) is 0 Å². The third-order valence-corrected chi connectivity index (χ3v) is 7.18. The van der Waals surface area contributed by atoms with Gasteiger partial charge in [-0.1, -0.05) is 23.2 Å². The minimum absolute atomic E-state index is 0.743. The maximum absolute atomic E-state index is 10.6. The average Bonchev–Trinajstić information content (AvgIpc) is 1.62. The van der Waals surface area contributed by atoms with E-state index in [4.69, 9.17) is 33.9 Å². The molecule has 1 atom stereocenters. The lowest BCUT2D eigenvalue weighted by Crippen LogP contribution is -2.27. The van der Waals surface area contributed by atoms with Crippen molar-refractivity contribution in [1.82, 2.24) is 0 Å². The smallest absolute Gasteiger partial charge is 0.238 e. The van der Waals surface area contributed by atoms with Crippen LogP contribution < -0.4 is 0 Å². The van der Waals surface area contributed by atoms with Gasteiger partial charge in [-0.2, -0.15) is 0 Å². The Balaban J connectivity index is 4.95. The third kappa shape index (κ3) is 2.23. The molecule has 0 saturated heterocycles. The van der Waals surface area contributed by atoms with E-state index >= 15 is 0 Å². The molecule has 0 radical (unpaired) electrons. The molecule has 10 heavy (non-hydrogen) atoms. The summed E-state index contributed by atoms with van der Waals surface area (Å²) in [7, 11) is -1.25. The Morgan fingerprint density at radius 1 is 1.40 bits per heavy atom. The summed E-state index contributed by atoms with van der Waals surface area (Å²) in [5.74, 6) is 0. The van der Waals surface area contributed by atoms with Crippen LogP contribution in [0.5, 0.6) is 0 Å². The van der Waals surface area contributed by atoms with Crippen molar-refractivity contribution in [3.05, 3.63) is 0 Å². The van der Waals surface area contributed by atoms with E-state index in [0.717, 1.165) is 6.26 Å². The molecule has 62 valence electrons. The Bertz CT molecular complexity index is 242. The van der Waals surface area contributed by atoms with Gasteiger partial charge < -0.3 is 0 Å². The van der Waals surface area contributed by atoms with Gasteiger partial charge in [0.15, 0.2) is 19.9 Å². The molecule has 0 rings (SSSR count). The van der Waals surface area contributed by atoms with Gasteiger partial charge in [0.2, 0.25) is 0 Å². The Hall–Kier alpha value is 0.970. The van der Waals surface area contributed by atoms with Crippen molar-refractivity contribution in [3.8, 4) is 0 Å². The van der Waals surface area contributed by atoms with E-state index in [1.54, 1.807) is 0 Å². The van der Waals surface area contributed by atoms with E-state index in [-0.39, 0.29) is 0 Å². The molecule has 0 N–H and O–H groups in total. The average molecular weight is 246 g/mol. The molecule has 3 nitrogen and oxygen atoms in total. The zero-order chi connectivity index (χ0) is 8.58. The summed E-state index contributed by atoms with van der Waals surface area (Å²) in [5, 5.41) is 0. The highest BCUT2D eigenvalue weighted by atomic mass is 35.7. The van der Waals surface area contributed by atoms with Crippen LogP contribution in [0.1, 0.15) is 0 Å². The summed E-state index contributed by atoms with van der Waals surface area (Å²) in [6, 6.07) is 0. The van der Waals surface area contributed by atoms with Crippen LogP contribution in [0.2, 0.25) is 0 Å². The summed E-state index contributed by atoms with van der Waals surface area (Å²) in [4.78, 5) is 0. The monoisotopic (exact) mass is 244 g/mol. The molecule has 1 unspecified atom stereocenters. The van der Waals surface area contributed by atoms with Crippen molar-refractivity contribution in [2.75, 3.05) is 6.26 Å². The quantitative estimate of drug-likeness (QED) is 0.539. The van der Waals surface area contributed by atoms with Crippen molar-refractivity contribution in [2.24, 2.45) is 0 Å². The highest BCUT2D eigenvalue weighted by Crippen LogP contribution is 2.33. The summed E-state index contributed by atoms with van der Waals surface area (Å²) in [5.41, 5.74) is 0. The largest absolute Gasteiger partial charge is 0.306 e. The Morgan fingerprint density at radius 2 is 1.70 bits per heavy atom. The van der Waals surface area contributed by atoms with E-state index in [1.807, 2.05) is 0 Å². The highest BCUT2D eigenvalue weighted by molar-refractivity contribution is 8.22. The Labute approximate surface area is 75.5 Å². The topological polar surface area (TPSA) is 51.2 Å². The normalized spacial score (nSPS) is 16.8. The van der Waals surface area contributed by atoms with Gasteiger partial charge in [-0.05, 0) is 10.7 Å². The van der Waals surface area contributed by atoms with E-state index < -0.39 is 22.8 Å². The molecule has 0 aromatic rings.